The Bertz CT molecular complexity index is 563. The van der Waals surface area contributed by atoms with Crippen LogP contribution in [0.4, 0.5) is 5.69 Å². The quantitative estimate of drug-likeness (QED) is 0.777. The predicted molar refractivity (Wildman–Crippen MR) is 77.0 cm³/mol. The van der Waals surface area contributed by atoms with Gasteiger partial charge in [0.2, 0.25) is 0 Å². The number of aliphatic hydroxyl groups excluding tert-OH is 1. The summed E-state index contributed by atoms with van der Waals surface area (Å²) >= 11 is 12.0. The number of hydrogen-bond acceptors (Lipinski definition) is 3. The number of nitrogens with one attached hydrogen (secondary N) is 1. The zero-order valence-corrected chi connectivity index (χ0v) is 12.3. The van der Waals surface area contributed by atoms with Crippen molar-refractivity contribution in [2.45, 2.75) is 19.4 Å². The SMILES string of the molecule is Cc1cc(Cl)c(NC(=O)C(=O)N2CC[C@H](O)C2)cc1Cl. The number of nitrogens with zero attached hydrogens (tertiary/aromatic N) is 1. The highest BCUT2D eigenvalue weighted by Crippen LogP contribution is 2.28. The Morgan fingerprint density at radius 1 is 1.35 bits per heavy atom. The van der Waals surface area contributed by atoms with Gasteiger partial charge >= 0.3 is 11.8 Å². The van der Waals surface area contributed by atoms with E-state index in [0.29, 0.717) is 28.7 Å². The van der Waals surface area contributed by atoms with Crippen molar-refractivity contribution in [3.05, 3.63) is 27.7 Å². The summed E-state index contributed by atoms with van der Waals surface area (Å²) in [4.78, 5) is 25.1. The maximum atomic E-state index is 11.9. The fraction of sp³-hybridized carbons (Fsp3) is 0.385. The first-order valence-corrected chi connectivity index (χ1v) is 6.88. The Morgan fingerprint density at radius 3 is 2.65 bits per heavy atom. The van der Waals surface area contributed by atoms with Crippen LogP contribution in [0.1, 0.15) is 12.0 Å². The van der Waals surface area contributed by atoms with Gasteiger partial charge in [0.1, 0.15) is 0 Å². The molecule has 1 saturated heterocycles. The minimum atomic E-state index is -0.791. The molecule has 7 heteroatoms. The lowest BCUT2D eigenvalue weighted by atomic mass is 10.2. The van der Waals surface area contributed by atoms with Crippen LogP contribution in [-0.4, -0.2) is 41.0 Å². The molecule has 0 saturated carbocycles. The molecule has 2 rings (SSSR count). The molecular formula is C13H14Cl2N2O3. The van der Waals surface area contributed by atoms with Gasteiger partial charge in [0.15, 0.2) is 0 Å². The second-order valence-corrected chi connectivity index (χ2v) is 5.54. The molecular weight excluding hydrogens is 303 g/mol. The first-order valence-electron chi connectivity index (χ1n) is 6.12. The summed E-state index contributed by atoms with van der Waals surface area (Å²) in [5.41, 5.74) is 1.07. The van der Waals surface area contributed by atoms with Gasteiger partial charge in [-0.2, -0.15) is 0 Å². The van der Waals surface area contributed by atoms with Crippen LogP contribution in [0.3, 0.4) is 0 Å². The number of anilines is 1. The topological polar surface area (TPSA) is 69.6 Å². The molecule has 0 aromatic heterocycles. The van der Waals surface area contributed by atoms with Crippen LogP contribution < -0.4 is 5.32 Å². The van der Waals surface area contributed by atoms with Gasteiger partial charge in [-0.15, -0.1) is 0 Å². The zero-order chi connectivity index (χ0) is 14.9. The number of hydrogen-bond donors (Lipinski definition) is 2. The third-order valence-electron chi connectivity index (χ3n) is 3.14. The monoisotopic (exact) mass is 316 g/mol. The zero-order valence-electron chi connectivity index (χ0n) is 10.8. The highest BCUT2D eigenvalue weighted by molar-refractivity contribution is 6.42. The Kier molecular flexibility index (Phi) is 4.52. The molecule has 1 aromatic carbocycles. The number of β-amino-alcohol motifs (C(OH)–C–C–N with tert-alkyl or cyclic N) is 1. The van der Waals surface area contributed by atoms with Gasteiger partial charge in [-0.05, 0) is 31.0 Å². The van der Waals surface area contributed by atoms with Gasteiger partial charge in [0, 0.05) is 18.1 Å². The first kappa shape index (κ1) is 15.1. The number of rotatable bonds is 1. The van der Waals surface area contributed by atoms with E-state index >= 15 is 0 Å². The fourth-order valence-electron chi connectivity index (χ4n) is 1.99. The average molecular weight is 317 g/mol. The second kappa shape index (κ2) is 5.99. The Labute approximate surface area is 126 Å². The molecule has 108 valence electrons. The van der Waals surface area contributed by atoms with E-state index in [1.807, 2.05) is 0 Å². The van der Waals surface area contributed by atoms with Gasteiger partial charge in [-0.25, -0.2) is 0 Å². The molecule has 5 nitrogen and oxygen atoms in total. The van der Waals surface area contributed by atoms with Crippen LogP contribution in [0.25, 0.3) is 0 Å². The summed E-state index contributed by atoms with van der Waals surface area (Å²) in [6.07, 6.45) is -0.0833. The van der Waals surface area contributed by atoms with Gasteiger partial charge in [-0.3, -0.25) is 9.59 Å². The Hall–Kier alpha value is -1.30. The van der Waals surface area contributed by atoms with E-state index in [4.69, 9.17) is 23.2 Å². The lowest BCUT2D eigenvalue weighted by Crippen LogP contribution is -2.38. The van der Waals surface area contributed by atoms with Crippen molar-refractivity contribution in [1.82, 2.24) is 4.90 Å². The van der Waals surface area contributed by atoms with Crippen molar-refractivity contribution in [2.75, 3.05) is 18.4 Å². The molecule has 1 aromatic rings. The van der Waals surface area contributed by atoms with Gasteiger partial charge in [0.25, 0.3) is 0 Å². The number of carbonyl (C=O) groups is 2. The molecule has 1 heterocycles. The maximum absolute atomic E-state index is 11.9. The molecule has 1 atom stereocenters. The van der Waals surface area contributed by atoms with Crippen LogP contribution in [0.15, 0.2) is 12.1 Å². The summed E-state index contributed by atoms with van der Waals surface area (Å²) in [5, 5.41) is 12.6. The third kappa shape index (κ3) is 3.23. The van der Waals surface area contributed by atoms with Crippen molar-refractivity contribution in [2.24, 2.45) is 0 Å². The van der Waals surface area contributed by atoms with Crippen LogP contribution in [0, 0.1) is 6.92 Å². The highest BCUT2D eigenvalue weighted by atomic mass is 35.5. The van der Waals surface area contributed by atoms with Gasteiger partial charge < -0.3 is 15.3 Å². The number of aliphatic hydroxyl groups is 1. The normalized spacial score (nSPS) is 18.2. The molecule has 1 aliphatic rings. The number of halogens is 2. The van der Waals surface area contributed by atoms with E-state index in [0.717, 1.165) is 5.56 Å². The molecule has 20 heavy (non-hydrogen) atoms. The molecule has 2 N–H and O–H groups in total. The van der Waals surface area contributed by atoms with Gasteiger partial charge in [0.05, 0.1) is 16.8 Å². The summed E-state index contributed by atoms with van der Waals surface area (Å²) in [5.74, 6) is -1.48. The molecule has 1 fully saturated rings. The van der Waals surface area contributed by atoms with Crippen molar-refractivity contribution in [3.63, 3.8) is 0 Å². The standard InChI is InChI=1S/C13H14Cl2N2O3/c1-7-4-10(15)11(5-9(7)14)16-12(19)13(20)17-3-2-8(18)6-17/h4-5,8,18H,2-3,6H2,1H3,(H,16,19)/t8-/m0/s1. The molecule has 0 unspecified atom stereocenters. The largest absolute Gasteiger partial charge is 0.391 e. The first-order chi connectivity index (χ1) is 9.38. The van der Waals surface area contributed by atoms with Crippen molar-refractivity contribution >= 4 is 40.7 Å². The summed E-state index contributed by atoms with van der Waals surface area (Å²) < 4.78 is 0. The molecule has 2 amide bonds. The van der Waals surface area contributed by atoms with E-state index in [1.165, 1.54) is 11.0 Å². The minimum absolute atomic E-state index is 0.175. The molecule has 0 aliphatic carbocycles. The summed E-state index contributed by atoms with van der Waals surface area (Å²) in [6.45, 7) is 2.33. The number of aryl methyl sites for hydroxylation is 1. The number of benzene rings is 1. The fourth-order valence-corrected chi connectivity index (χ4v) is 2.42. The van der Waals surface area contributed by atoms with E-state index in [-0.39, 0.29) is 6.54 Å². The van der Waals surface area contributed by atoms with E-state index in [9.17, 15) is 14.7 Å². The van der Waals surface area contributed by atoms with Crippen LogP contribution in [0.2, 0.25) is 10.0 Å². The third-order valence-corrected chi connectivity index (χ3v) is 3.86. The van der Waals surface area contributed by atoms with Crippen molar-refractivity contribution in [3.8, 4) is 0 Å². The smallest absolute Gasteiger partial charge is 0.313 e. The van der Waals surface area contributed by atoms with Crippen molar-refractivity contribution in [1.29, 1.82) is 0 Å². The Balaban J connectivity index is 2.08. The molecule has 0 radical (unpaired) electrons. The van der Waals surface area contributed by atoms with Crippen LogP contribution in [-0.2, 0) is 9.59 Å². The lowest BCUT2D eigenvalue weighted by Gasteiger charge is -2.15. The summed E-state index contributed by atoms with van der Waals surface area (Å²) in [7, 11) is 0. The van der Waals surface area contributed by atoms with E-state index < -0.39 is 17.9 Å². The van der Waals surface area contributed by atoms with Gasteiger partial charge in [-0.1, -0.05) is 23.2 Å². The maximum Gasteiger partial charge on any atom is 0.313 e. The van der Waals surface area contributed by atoms with Crippen LogP contribution >= 0.6 is 23.2 Å². The lowest BCUT2D eigenvalue weighted by molar-refractivity contribution is -0.142. The molecule has 0 bridgehead atoms. The molecule has 1 aliphatic heterocycles. The average Bonchev–Trinajstić information content (AvgIpc) is 2.81. The van der Waals surface area contributed by atoms with Crippen molar-refractivity contribution < 1.29 is 14.7 Å². The highest BCUT2D eigenvalue weighted by Gasteiger charge is 2.29. The second-order valence-electron chi connectivity index (χ2n) is 4.73. The summed E-state index contributed by atoms with van der Waals surface area (Å²) in [6, 6.07) is 3.12. The van der Waals surface area contributed by atoms with Crippen LogP contribution in [0.5, 0.6) is 0 Å². The number of carbonyl (C=O) groups excluding carboxylic acids is 2. The molecule has 0 spiro atoms. The number of likely N-dealkylation sites (tertiary alicyclic amines) is 1. The van der Waals surface area contributed by atoms with E-state index in [1.54, 1.807) is 13.0 Å². The number of amides is 2. The predicted octanol–water partition coefficient (Wildman–Crippen LogP) is 1.83. The minimum Gasteiger partial charge on any atom is -0.391 e. The Morgan fingerprint density at radius 2 is 2.05 bits per heavy atom. The van der Waals surface area contributed by atoms with E-state index in [2.05, 4.69) is 5.32 Å².